The standard InChI is InChI=1S/C17H20.C16H18.2C10H14.C8H10.C8H18.C6H14.C5H12.C4H10/c1-13-5-9-15(10-6-13)17(3,4)16-11-7-14(2)8-12-16;1-13-3-7-15(8-4-13)11-12-16-9-5-14(2)6-10-16;1-3-4-10-7-5-9(2)6-8-10;1-3-9-5-7-10(4-2)8-6-9;1-7-3-5-8(2)6-4-7;1-3-5-7-8-6-4-2;1-3-5-6-4-2;1-3-5-4-2;1-3-4-2/h5-12H,1-4H3;3-10H,11-12H2,1-2H3;2*5-8H,3-4H2,1-2H3;3-6H,1-2H3;3-8H2,1-2H3;3-6H2,1-2H3;3-5H2,1-2H3;3-4H2,1-2H3. The van der Waals surface area contributed by atoms with Crippen LogP contribution in [-0.2, 0) is 37.5 Å². The molecule has 0 amide bonds. The van der Waals surface area contributed by atoms with E-state index in [1.165, 1.54) is 187 Å². The van der Waals surface area contributed by atoms with Gasteiger partial charge in [0.1, 0.15) is 0 Å². The topological polar surface area (TPSA) is 0 Å². The van der Waals surface area contributed by atoms with Crippen molar-refractivity contribution in [2.24, 2.45) is 0 Å². The predicted octanol–water partition coefficient (Wildman–Crippen LogP) is 26.7. The van der Waals surface area contributed by atoms with Crippen molar-refractivity contribution in [1.29, 1.82) is 0 Å². The summed E-state index contributed by atoms with van der Waals surface area (Å²) < 4.78 is 0. The lowest BCUT2D eigenvalue weighted by Gasteiger charge is -2.26. The van der Waals surface area contributed by atoms with Gasteiger partial charge < -0.3 is 0 Å². The third-order valence-electron chi connectivity index (χ3n) is 14.8. The summed E-state index contributed by atoms with van der Waals surface area (Å²) in [6.45, 7) is 43.7. The molecular weight excluding hydrogens is 1010 g/mol. The van der Waals surface area contributed by atoms with Gasteiger partial charge in [-0.1, -0.05) is 402 Å². The van der Waals surface area contributed by atoms with Crippen molar-refractivity contribution < 1.29 is 0 Å². The van der Waals surface area contributed by atoms with E-state index >= 15 is 0 Å². The molecule has 7 aromatic carbocycles. The average Bonchev–Trinajstić information content (AvgIpc) is 3.50. The highest BCUT2D eigenvalue weighted by Crippen LogP contribution is 2.31. The van der Waals surface area contributed by atoms with Gasteiger partial charge in [-0.05, 0) is 120 Å². The Labute approximate surface area is 523 Å². The molecule has 0 fully saturated rings. The van der Waals surface area contributed by atoms with Crippen molar-refractivity contribution in [1.82, 2.24) is 0 Å². The van der Waals surface area contributed by atoms with Gasteiger partial charge in [0.2, 0.25) is 0 Å². The maximum absolute atomic E-state index is 2.28. The second kappa shape index (κ2) is 54.2. The molecule has 0 aromatic heterocycles. The van der Waals surface area contributed by atoms with E-state index in [0.29, 0.717) is 0 Å². The summed E-state index contributed by atoms with van der Waals surface area (Å²) in [4.78, 5) is 0. The molecule has 0 saturated heterocycles. The van der Waals surface area contributed by atoms with Gasteiger partial charge in [-0.2, -0.15) is 0 Å². The van der Waals surface area contributed by atoms with E-state index in [1.807, 2.05) is 0 Å². The Morgan fingerprint density at radius 2 is 0.405 bits per heavy atom. The molecule has 0 spiro atoms. The van der Waals surface area contributed by atoms with Crippen LogP contribution >= 0.6 is 0 Å². The molecule has 0 nitrogen and oxygen atoms in total. The van der Waals surface area contributed by atoms with E-state index in [0.717, 1.165) is 25.7 Å². The van der Waals surface area contributed by atoms with Crippen LogP contribution in [0.1, 0.15) is 271 Å². The first-order valence-corrected chi connectivity index (χ1v) is 33.8. The highest BCUT2D eigenvalue weighted by molar-refractivity contribution is 5.39. The second-order valence-electron chi connectivity index (χ2n) is 23.7. The lowest BCUT2D eigenvalue weighted by Crippen LogP contribution is -2.18. The van der Waals surface area contributed by atoms with Crippen LogP contribution in [0.15, 0.2) is 170 Å². The van der Waals surface area contributed by atoms with Crippen LogP contribution in [0.3, 0.4) is 0 Å². The Morgan fingerprint density at radius 1 is 0.202 bits per heavy atom. The van der Waals surface area contributed by atoms with Crippen molar-refractivity contribution in [2.45, 2.75) is 279 Å². The molecule has 0 unspecified atom stereocenters. The molecule has 0 bridgehead atoms. The van der Waals surface area contributed by atoms with Crippen molar-refractivity contribution in [3.8, 4) is 0 Å². The van der Waals surface area contributed by atoms with E-state index in [-0.39, 0.29) is 5.41 Å². The zero-order valence-electron chi connectivity index (χ0n) is 58.5. The normalized spacial score (nSPS) is 9.95. The van der Waals surface area contributed by atoms with E-state index in [9.17, 15) is 0 Å². The maximum atomic E-state index is 2.28. The second-order valence-corrected chi connectivity index (χ2v) is 23.7. The molecule has 7 rings (SSSR count). The molecule has 0 saturated carbocycles. The van der Waals surface area contributed by atoms with Crippen molar-refractivity contribution >= 4 is 0 Å². The molecule has 0 radical (unpaired) electrons. The molecule has 0 aliphatic rings. The SMILES string of the molecule is CCCC.CCCCC.CCCCCC.CCCCCCCC.CCCc1ccc(C)cc1.CCc1ccc(CC)cc1.Cc1ccc(C(C)(C)c2ccc(C)cc2)cc1.Cc1ccc(C)cc1.Cc1ccc(CCc2ccc(C)cc2)cc1. The van der Waals surface area contributed by atoms with Crippen LogP contribution in [0.4, 0.5) is 0 Å². The number of rotatable bonds is 20. The van der Waals surface area contributed by atoms with Gasteiger partial charge in [-0.3, -0.25) is 0 Å². The zero-order chi connectivity index (χ0) is 63.2. The molecule has 0 heterocycles. The van der Waals surface area contributed by atoms with Gasteiger partial charge >= 0.3 is 0 Å². The lowest BCUT2D eigenvalue weighted by atomic mass is 9.78. The fourth-order valence-electron chi connectivity index (χ4n) is 8.30. The molecule has 0 aliphatic carbocycles. The Balaban J connectivity index is 0. The number of aryl methyl sites for hydroxylation is 12. The van der Waals surface area contributed by atoms with Crippen LogP contribution in [0.5, 0.6) is 0 Å². The molecule has 7 aromatic rings. The molecule has 466 valence electrons. The first-order valence-electron chi connectivity index (χ1n) is 33.8. The van der Waals surface area contributed by atoms with Crippen LogP contribution in [0, 0.1) is 48.5 Å². The Morgan fingerprint density at radius 3 is 0.607 bits per heavy atom. The van der Waals surface area contributed by atoms with Crippen LogP contribution in [-0.4, -0.2) is 0 Å². The maximum Gasteiger partial charge on any atom is 0.0146 e. The van der Waals surface area contributed by atoms with Gasteiger partial charge in [0, 0.05) is 5.41 Å². The van der Waals surface area contributed by atoms with Gasteiger partial charge in [0.25, 0.3) is 0 Å². The van der Waals surface area contributed by atoms with Crippen LogP contribution < -0.4 is 0 Å². The molecule has 0 heteroatoms. The summed E-state index contributed by atoms with van der Waals surface area (Å²) in [7, 11) is 0. The van der Waals surface area contributed by atoms with E-state index in [2.05, 4.69) is 308 Å². The molecule has 0 atom stereocenters. The number of unbranched alkanes of at least 4 members (excludes halogenated alkanes) is 11. The van der Waals surface area contributed by atoms with Gasteiger partial charge in [-0.15, -0.1) is 0 Å². The minimum absolute atomic E-state index is 0.0708. The highest BCUT2D eigenvalue weighted by atomic mass is 14.3. The molecule has 0 aliphatic heterocycles. The summed E-state index contributed by atoms with van der Waals surface area (Å²) in [5.74, 6) is 0. The minimum atomic E-state index is 0.0708. The third-order valence-corrected chi connectivity index (χ3v) is 14.8. The van der Waals surface area contributed by atoms with Gasteiger partial charge in [0.05, 0.1) is 0 Å². The third kappa shape index (κ3) is 44.1. The first-order chi connectivity index (χ1) is 40.4. The predicted molar refractivity (Wildman–Crippen MR) is 385 cm³/mol. The Kier molecular flexibility index (Phi) is 52.0. The Hall–Kier alpha value is -5.46. The van der Waals surface area contributed by atoms with Gasteiger partial charge in [0.15, 0.2) is 0 Å². The molecular formula is C84H130. The summed E-state index contributed by atoms with van der Waals surface area (Å²) in [5.41, 5.74) is 19.3. The molecule has 84 heavy (non-hydrogen) atoms. The number of benzene rings is 7. The summed E-state index contributed by atoms with van der Waals surface area (Å²) >= 11 is 0. The molecule has 0 N–H and O–H groups in total. The zero-order valence-corrected chi connectivity index (χ0v) is 58.5. The van der Waals surface area contributed by atoms with E-state index in [4.69, 9.17) is 0 Å². The first kappa shape index (κ1) is 80.6. The van der Waals surface area contributed by atoms with Crippen LogP contribution in [0.2, 0.25) is 0 Å². The van der Waals surface area contributed by atoms with Crippen molar-refractivity contribution in [2.75, 3.05) is 0 Å². The smallest absolute Gasteiger partial charge is 0.0146 e. The monoisotopic (exact) mass is 1140 g/mol. The van der Waals surface area contributed by atoms with Gasteiger partial charge in [-0.25, -0.2) is 0 Å². The van der Waals surface area contributed by atoms with E-state index in [1.54, 1.807) is 0 Å². The van der Waals surface area contributed by atoms with Crippen molar-refractivity contribution in [3.05, 3.63) is 248 Å². The number of hydrogen-bond acceptors (Lipinski definition) is 0. The summed E-state index contributed by atoms with van der Waals surface area (Å²) in [5, 5.41) is 0. The average molecular weight is 1140 g/mol. The lowest BCUT2D eigenvalue weighted by molar-refractivity contribution is 0.624. The summed E-state index contributed by atoms with van der Waals surface area (Å²) in [6, 6.07) is 61.4. The van der Waals surface area contributed by atoms with Crippen molar-refractivity contribution in [3.63, 3.8) is 0 Å². The summed E-state index contributed by atoms with van der Waals surface area (Å²) in [6.07, 6.45) is 27.7. The number of hydrogen-bond donors (Lipinski definition) is 0. The quantitative estimate of drug-likeness (QED) is 0.0668. The largest absolute Gasteiger partial charge is 0.0654 e. The Bertz CT molecular complexity index is 2300. The van der Waals surface area contributed by atoms with E-state index < -0.39 is 0 Å². The fraction of sp³-hybridized carbons (Fsp3) is 0.500. The fourth-order valence-corrected chi connectivity index (χ4v) is 8.30. The minimum Gasteiger partial charge on any atom is -0.0654 e. The highest BCUT2D eigenvalue weighted by Gasteiger charge is 2.22. The van der Waals surface area contributed by atoms with Crippen LogP contribution in [0.25, 0.3) is 0 Å².